The molecule has 0 saturated carbocycles. The van der Waals surface area contributed by atoms with Gasteiger partial charge in [0.25, 0.3) is 0 Å². The predicted molar refractivity (Wildman–Crippen MR) is 62.5 cm³/mol. The molecule has 0 amide bonds. The average Bonchev–Trinajstić information content (AvgIpc) is 2.48. The van der Waals surface area contributed by atoms with Gasteiger partial charge >= 0.3 is 0 Å². The van der Waals surface area contributed by atoms with Crippen molar-refractivity contribution in [3.8, 4) is 0 Å². The van der Waals surface area contributed by atoms with E-state index in [1.807, 2.05) is 18.4 Å². The van der Waals surface area contributed by atoms with Crippen LogP contribution in [0.2, 0.25) is 5.15 Å². The Labute approximate surface area is 98.0 Å². The molecule has 0 fully saturated rings. The van der Waals surface area contributed by atoms with Crippen molar-refractivity contribution < 1.29 is 0 Å². The Kier molecular flexibility index (Phi) is 2.66. The minimum atomic E-state index is 0.502. The van der Waals surface area contributed by atoms with Crippen LogP contribution in [0.15, 0.2) is 17.3 Å². The highest BCUT2D eigenvalue weighted by Crippen LogP contribution is 2.20. The molecule has 2 aromatic heterocycles. The fourth-order valence-electron chi connectivity index (χ4n) is 0.997. The largest absolute Gasteiger partial charge is 0.222 e. The van der Waals surface area contributed by atoms with Gasteiger partial charge in [-0.05, 0) is 41.0 Å². The van der Waals surface area contributed by atoms with Crippen LogP contribution in [-0.4, -0.2) is 20.9 Å². The van der Waals surface area contributed by atoms with E-state index < -0.39 is 0 Å². The van der Waals surface area contributed by atoms with Gasteiger partial charge in [0.05, 0.1) is 0 Å². The number of aromatic nitrogens is 3. The Morgan fingerprint density at radius 1 is 1.54 bits per heavy atom. The molecule has 2 rings (SSSR count). The van der Waals surface area contributed by atoms with E-state index in [0.29, 0.717) is 10.3 Å². The first-order chi connectivity index (χ1) is 6.22. The van der Waals surface area contributed by atoms with Gasteiger partial charge in [0.1, 0.15) is 9.22 Å². The fourth-order valence-corrected chi connectivity index (χ4v) is 2.16. The topological polar surface area (TPSA) is 30.2 Å². The summed E-state index contributed by atoms with van der Waals surface area (Å²) < 4.78 is 2.83. The van der Waals surface area contributed by atoms with Crippen LogP contribution < -0.4 is 0 Å². The molecule has 0 unspecified atom stereocenters. The summed E-state index contributed by atoms with van der Waals surface area (Å²) in [5.41, 5.74) is 0.851. The first kappa shape index (κ1) is 9.54. The third kappa shape index (κ3) is 1.64. The first-order valence-electron chi connectivity index (χ1n) is 3.47. The normalized spacial score (nSPS) is 11.0. The lowest BCUT2D eigenvalue weighted by molar-refractivity contribution is 0.786. The Hall–Kier alpha value is -0.0100. The smallest absolute Gasteiger partial charge is 0.208 e. The van der Waals surface area contributed by atoms with Crippen molar-refractivity contribution in [2.45, 2.75) is 5.16 Å². The Balaban J connectivity index is 2.80. The lowest BCUT2D eigenvalue weighted by Gasteiger charge is -2.00. The fraction of sp³-hybridized carbons (Fsp3) is 0.143. The van der Waals surface area contributed by atoms with E-state index in [0.717, 1.165) is 9.22 Å². The molecular weight excluding hydrogens is 321 g/mol. The van der Waals surface area contributed by atoms with E-state index in [2.05, 4.69) is 32.7 Å². The van der Waals surface area contributed by atoms with Crippen LogP contribution >= 0.6 is 46.0 Å². The third-order valence-corrected chi connectivity index (χ3v) is 3.22. The van der Waals surface area contributed by atoms with Crippen molar-refractivity contribution in [1.82, 2.24) is 14.6 Å². The van der Waals surface area contributed by atoms with Crippen molar-refractivity contribution in [1.29, 1.82) is 0 Å². The molecule has 0 bridgehead atoms. The minimum absolute atomic E-state index is 0.502. The first-order valence-corrected chi connectivity index (χ1v) is 6.15. The lowest BCUT2D eigenvalue weighted by atomic mass is 10.5. The van der Waals surface area contributed by atoms with Crippen LogP contribution in [0.4, 0.5) is 0 Å². The van der Waals surface area contributed by atoms with Gasteiger partial charge in [-0.15, -0.1) is 5.10 Å². The number of fused-ring (bicyclic) bond motifs is 1. The summed E-state index contributed by atoms with van der Waals surface area (Å²) in [4.78, 5) is 4.13. The van der Waals surface area contributed by atoms with E-state index >= 15 is 0 Å². The standard InChI is InChI=1S/C7H5ClIN3S/c1-13-7-10-6(8)4-2-3-5(9)12(4)11-7/h2-3H,1H3. The number of halogens is 2. The molecule has 2 heterocycles. The van der Waals surface area contributed by atoms with Gasteiger partial charge in [-0.2, -0.15) is 0 Å². The maximum Gasteiger partial charge on any atom is 0.208 e. The van der Waals surface area contributed by atoms with Crippen molar-refractivity contribution in [3.63, 3.8) is 0 Å². The molecule has 2 aromatic rings. The molecule has 0 spiro atoms. The number of rotatable bonds is 1. The van der Waals surface area contributed by atoms with Crippen LogP contribution in [0.3, 0.4) is 0 Å². The van der Waals surface area contributed by atoms with Crippen LogP contribution in [0.5, 0.6) is 0 Å². The molecule has 0 atom stereocenters. The van der Waals surface area contributed by atoms with Crippen LogP contribution in [0.1, 0.15) is 0 Å². The average molecular weight is 326 g/mol. The van der Waals surface area contributed by atoms with Crippen LogP contribution in [0, 0.1) is 3.70 Å². The summed E-state index contributed by atoms with van der Waals surface area (Å²) >= 11 is 9.65. The Morgan fingerprint density at radius 3 is 3.00 bits per heavy atom. The summed E-state index contributed by atoms with van der Waals surface area (Å²) in [7, 11) is 0. The SMILES string of the molecule is CSc1nc(Cl)c2ccc(I)n2n1. The van der Waals surface area contributed by atoms with Gasteiger partial charge in [0.2, 0.25) is 5.16 Å². The molecule has 0 saturated heterocycles. The summed E-state index contributed by atoms with van der Waals surface area (Å²) in [6.07, 6.45) is 1.92. The zero-order chi connectivity index (χ0) is 9.42. The molecule has 0 N–H and O–H groups in total. The van der Waals surface area contributed by atoms with Crippen molar-refractivity contribution in [2.24, 2.45) is 0 Å². The molecule has 0 aliphatic carbocycles. The summed E-state index contributed by atoms with van der Waals surface area (Å²) in [6.45, 7) is 0. The quantitative estimate of drug-likeness (QED) is 0.596. The van der Waals surface area contributed by atoms with E-state index in [9.17, 15) is 0 Å². The highest BCUT2D eigenvalue weighted by atomic mass is 127. The molecule has 0 radical (unpaired) electrons. The summed E-state index contributed by atoms with van der Waals surface area (Å²) in [5, 5.41) is 5.48. The second kappa shape index (κ2) is 3.62. The van der Waals surface area contributed by atoms with Gasteiger partial charge in [0.15, 0.2) is 5.15 Å². The Morgan fingerprint density at radius 2 is 2.31 bits per heavy atom. The van der Waals surface area contributed by atoms with Gasteiger partial charge in [-0.1, -0.05) is 23.4 Å². The molecule has 3 nitrogen and oxygen atoms in total. The van der Waals surface area contributed by atoms with Crippen LogP contribution in [-0.2, 0) is 0 Å². The van der Waals surface area contributed by atoms with E-state index in [1.165, 1.54) is 11.8 Å². The molecule has 6 heteroatoms. The van der Waals surface area contributed by atoms with Crippen molar-refractivity contribution >= 4 is 51.5 Å². The molecule has 0 aromatic carbocycles. The number of thioether (sulfide) groups is 1. The van der Waals surface area contributed by atoms with E-state index in [-0.39, 0.29) is 0 Å². The summed E-state index contributed by atoms with van der Waals surface area (Å²) in [5.74, 6) is 0. The van der Waals surface area contributed by atoms with Gasteiger partial charge in [-0.3, -0.25) is 0 Å². The molecule has 0 aliphatic heterocycles. The highest BCUT2D eigenvalue weighted by molar-refractivity contribution is 14.1. The monoisotopic (exact) mass is 325 g/mol. The lowest BCUT2D eigenvalue weighted by Crippen LogP contribution is -1.98. The number of hydrogen-bond donors (Lipinski definition) is 0. The van der Waals surface area contributed by atoms with E-state index in [1.54, 1.807) is 4.52 Å². The zero-order valence-electron chi connectivity index (χ0n) is 6.66. The zero-order valence-corrected chi connectivity index (χ0v) is 10.4. The molecule has 0 aliphatic rings. The van der Waals surface area contributed by atoms with Crippen molar-refractivity contribution in [2.75, 3.05) is 6.26 Å². The van der Waals surface area contributed by atoms with Gasteiger partial charge < -0.3 is 0 Å². The predicted octanol–water partition coefficient (Wildman–Crippen LogP) is 2.71. The Bertz CT molecular complexity index is 456. The minimum Gasteiger partial charge on any atom is -0.222 e. The van der Waals surface area contributed by atoms with Crippen LogP contribution in [0.25, 0.3) is 5.52 Å². The number of nitrogens with zero attached hydrogens (tertiary/aromatic N) is 3. The summed E-state index contributed by atoms with van der Waals surface area (Å²) in [6, 6.07) is 3.87. The maximum atomic E-state index is 5.97. The highest BCUT2D eigenvalue weighted by Gasteiger charge is 2.07. The second-order valence-electron chi connectivity index (χ2n) is 2.34. The molecule has 68 valence electrons. The van der Waals surface area contributed by atoms with Crippen molar-refractivity contribution in [3.05, 3.63) is 21.0 Å². The molecule has 13 heavy (non-hydrogen) atoms. The molecular formula is C7H5ClIN3S. The van der Waals surface area contributed by atoms with Gasteiger partial charge in [-0.25, -0.2) is 9.50 Å². The third-order valence-electron chi connectivity index (χ3n) is 1.58. The van der Waals surface area contributed by atoms with Gasteiger partial charge in [0, 0.05) is 0 Å². The van der Waals surface area contributed by atoms with E-state index in [4.69, 9.17) is 11.6 Å². The maximum absolute atomic E-state index is 5.97. The second-order valence-corrected chi connectivity index (χ2v) is 4.58. The number of hydrogen-bond acceptors (Lipinski definition) is 3.